The number of hydrogen-bond donors (Lipinski definition) is 2. The highest BCUT2D eigenvalue weighted by molar-refractivity contribution is 5.81. The summed E-state index contributed by atoms with van der Waals surface area (Å²) >= 11 is 0. The zero-order chi connectivity index (χ0) is 28.6. The van der Waals surface area contributed by atoms with Gasteiger partial charge < -0.3 is 10.2 Å². The second-order valence-electron chi connectivity index (χ2n) is 6.05. The standard InChI is InChI=1S/C11H2F20O3/c12-1(32)2(13,9(23,24)25)7(21,33)4(15,16)3(14,10(26,27)28)8(22,34)5(17,18)6(19,20)11(29,30)31/h33-34H. The Morgan fingerprint density at radius 1 is 0.441 bits per heavy atom. The fourth-order valence-corrected chi connectivity index (χ4v) is 2.05. The van der Waals surface area contributed by atoms with Gasteiger partial charge in [0.05, 0.1) is 0 Å². The lowest BCUT2D eigenvalue weighted by Crippen LogP contribution is -2.83. The molecular weight excluding hydrogens is 560 g/mol. The molecule has 0 aliphatic heterocycles. The molecule has 0 aromatic heterocycles. The predicted octanol–water partition coefficient (Wildman–Crippen LogP) is 4.81. The molecule has 0 saturated carbocycles. The zero-order valence-corrected chi connectivity index (χ0v) is 14.4. The van der Waals surface area contributed by atoms with E-state index in [1.807, 2.05) is 0 Å². The van der Waals surface area contributed by atoms with Crippen molar-refractivity contribution in [3.05, 3.63) is 0 Å². The number of carbonyl (C=O) groups is 1. The summed E-state index contributed by atoms with van der Waals surface area (Å²) in [5.41, 5.74) is -17.5. The van der Waals surface area contributed by atoms with Gasteiger partial charge in [0.15, 0.2) is 0 Å². The molecule has 0 spiro atoms. The first-order valence-electron chi connectivity index (χ1n) is 6.93. The summed E-state index contributed by atoms with van der Waals surface area (Å²) < 4.78 is 259. The molecular formula is C11H2F20O3. The first-order valence-corrected chi connectivity index (χ1v) is 6.93. The van der Waals surface area contributed by atoms with Gasteiger partial charge in [-0.25, -0.2) is 17.6 Å². The summed E-state index contributed by atoms with van der Waals surface area (Å²) in [6.07, 6.45) is -24.9. The molecule has 0 amide bonds. The zero-order valence-electron chi connectivity index (χ0n) is 14.4. The van der Waals surface area contributed by atoms with Gasteiger partial charge in [-0.1, -0.05) is 0 Å². The van der Waals surface area contributed by atoms with E-state index in [9.17, 15) is 92.6 Å². The van der Waals surface area contributed by atoms with Gasteiger partial charge in [-0.15, -0.1) is 0 Å². The summed E-state index contributed by atoms with van der Waals surface area (Å²) in [5.74, 6) is -44.3. The lowest BCUT2D eigenvalue weighted by atomic mass is 9.75. The van der Waals surface area contributed by atoms with Gasteiger partial charge in [-0.05, 0) is 0 Å². The normalized spacial score (nSPS) is 22.3. The molecule has 0 aliphatic rings. The van der Waals surface area contributed by atoms with E-state index in [2.05, 4.69) is 0 Å². The van der Waals surface area contributed by atoms with Crippen LogP contribution in [0.2, 0.25) is 0 Å². The van der Waals surface area contributed by atoms with Gasteiger partial charge in [0.2, 0.25) is 0 Å². The van der Waals surface area contributed by atoms with Crippen molar-refractivity contribution in [3.8, 4) is 0 Å². The Morgan fingerprint density at radius 3 is 0.971 bits per heavy atom. The van der Waals surface area contributed by atoms with Crippen LogP contribution in [-0.4, -0.2) is 75.6 Å². The fourth-order valence-electron chi connectivity index (χ4n) is 2.05. The number of halogens is 20. The molecule has 204 valence electrons. The lowest BCUT2D eigenvalue weighted by Gasteiger charge is -2.49. The monoisotopic (exact) mass is 562 g/mol. The summed E-state index contributed by atoms with van der Waals surface area (Å²) in [6.45, 7) is 0. The van der Waals surface area contributed by atoms with Gasteiger partial charge in [0.25, 0.3) is 0 Å². The molecule has 0 bridgehead atoms. The van der Waals surface area contributed by atoms with E-state index in [1.165, 1.54) is 0 Å². The summed E-state index contributed by atoms with van der Waals surface area (Å²) in [5, 5.41) is 16.6. The van der Waals surface area contributed by atoms with Crippen molar-refractivity contribution in [1.82, 2.24) is 0 Å². The highest BCUT2D eigenvalue weighted by Gasteiger charge is 2.99. The van der Waals surface area contributed by atoms with E-state index >= 15 is 0 Å². The molecule has 2 N–H and O–H groups in total. The topological polar surface area (TPSA) is 57.5 Å². The molecule has 4 atom stereocenters. The molecule has 34 heavy (non-hydrogen) atoms. The Balaban J connectivity index is 7.75. The quantitative estimate of drug-likeness (QED) is 0.346. The molecule has 0 heterocycles. The molecule has 23 heteroatoms. The van der Waals surface area contributed by atoms with Crippen LogP contribution in [0, 0.1) is 0 Å². The molecule has 0 aromatic rings. The van der Waals surface area contributed by atoms with Crippen LogP contribution in [0.25, 0.3) is 0 Å². The SMILES string of the molecule is O=C(F)C(F)(C(F)(F)F)C(O)(F)C(F)(F)C(F)(C(F)(F)F)C(O)(F)C(F)(F)C(F)(F)C(F)(F)F. The third-order valence-electron chi connectivity index (χ3n) is 3.98. The highest BCUT2D eigenvalue weighted by atomic mass is 19.4. The predicted molar refractivity (Wildman–Crippen MR) is 58.9 cm³/mol. The van der Waals surface area contributed by atoms with Gasteiger partial charge in [-0.2, -0.15) is 70.2 Å². The molecule has 4 unspecified atom stereocenters. The maximum Gasteiger partial charge on any atom is 0.460 e. The molecule has 0 rings (SSSR count). The number of carbonyl (C=O) groups excluding carboxylic acids is 1. The van der Waals surface area contributed by atoms with E-state index in [-0.39, 0.29) is 0 Å². The average molecular weight is 562 g/mol. The van der Waals surface area contributed by atoms with Gasteiger partial charge in [0.1, 0.15) is 0 Å². The van der Waals surface area contributed by atoms with Gasteiger partial charge in [-0.3, -0.25) is 4.79 Å². The Kier molecular flexibility index (Phi) is 7.19. The molecule has 0 radical (unpaired) electrons. The third kappa shape index (κ3) is 3.54. The smallest absolute Gasteiger partial charge is 0.354 e. The highest BCUT2D eigenvalue weighted by Crippen LogP contribution is 2.66. The van der Waals surface area contributed by atoms with Crippen LogP contribution in [0.1, 0.15) is 0 Å². The Hall–Kier alpha value is -1.81. The number of hydrogen-bond acceptors (Lipinski definition) is 3. The number of aliphatic hydroxyl groups is 2. The second kappa shape index (κ2) is 7.59. The van der Waals surface area contributed by atoms with Crippen molar-refractivity contribution >= 4 is 6.04 Å². The summed E-state index contributed by atoms with van der Waals surface area (Å²) in [7, 11) is 0. The summed E-state index contributed by atoms with van der Waals surface area (Å²) in [4.78, 5) is 10.0. The largest absolute Gasteiger partial charge is 0.460 e. The Labute approximate surface area is 169 Å². The van der Waals surface area contributed by atoms with Crippen molar-refractivity contribution in [2.45, 2.75) is 59.3 Å². The Morgan fingerprint density at radius 2 is 0.765 bits per heavy atom. The van der Waals surface area contributed by atoms with Crippen LogP contribution in [0.15, 0.2) is 0 Å². The first-order chi connectivity index (χ1) is 14.2. The van der Waals surface area contributed by atoms with Crippen molar-refractivity contribution in [2.75, 3.05) is 0 Å². The Bertz CT molecular complexity index is 789. The van der Waals surface area contributed by atoms with Crippen LogP contribution < -0.4 is 0 Å². The molecule has 0 aromatic carbocycles. The van der Waals surface area contributed by atoms with E-state index < -0.39 is 65.4 Å². The van der Waals surface area contributed by atoms with Crippen LogP contribution in [0.4, 0.5) is 87.8 Å². The molecule has 0 saturated heterocycles. The molecule has 0 fully saturated rings. The van der Waals surface area contributed by atoms with Crippen LogP contribution in [0.5, 0.6) is 0 Å². The lowest BCUT2D eigenvalue weighted by molar-refractivity contribution is -0.494. The molecule has 3 nitrogen and oxygen atoms in total. The number of alkyl halides is 19. The molecule has 0 aliphatic carbocycles. The minimum Gasteiger partial charge on any atom is -0.354 e. The maximum atomic E-state index is 14.1. The van der Waals surface area contributed by atoms with E-state index in [4.69, 9.17) is 10.2 Å². The summed E-state index contributed by atoms with van der Waals surface area (Å²) in [6, 6.07) is -5.36. The van der Waals surface area contributed by atoms with Gasteiger partial charge in [0, 0.05) is 0 Å². The van der Waals surface area contributed by atoms with E-state index in [0.29, 0.717) is 0 Å². The minimum atomic E-state index is -9.33. The van der Waals surface area contributed by atoms with Crippen molar-refractivity contribution in [3.63, 3.8) is 0 Å². The van der Waals surface area contributed by atoms with E-state index in [1.54, 1.807) is 0 Å². The van der Waals surface area contributed by atoms with E-state index in [0.717, 1.165) is 0 Å². The second-order valence-corrected chi connectivity index (χ2v) is 6.05. The maximum absolute atomic E-state index is 14.1. The van der Waals surface area contributed by atoms with Crippen molar-refractivity contribution < 1.29 is 103 Å². The van der Waals surface area contributed by atoms with Gasteiger partial charge >= 0.3 is 65.4 Å². The third-order valence-corrected chi connectivity index (χ3v) is 3.98. The van der Waals surface area contributed by atoms with Crippen molar-refractivity contribution in [2.24, 2.45) is 0 Å². The first kappa shape index (κ1) is 32.2. The average Bonchev–Trinajstić information content (AvgIpc) is 2.55. The van der Waals surface area contributed by atoms with Crippen LogP contribution >= 0.6 is 0 Å². The van der Waals surface area contributed by atoms with Crippen molar-refractivity contribution in [1.29, 1.82) is 0 Å². The minimum absolute atomic E-state index is 5.36. The van der Waals surface area contributed by atoms with Crippen LogP contribution in [-0.2, 0) is 4.79 Å². The van der Waals surface area contributed by atoms with Crippen LogP contribution in [0.3, 0.4) is 0 Å². The fraction of sp³-hybridized carbons (Fsp3) is 0.909. The number of rotatable bonds is 7.